The van der Waals surface area contributed by atoms with Crippen LogP contribution in [0.25, 0.3) is 0 Å². The Morgan fingerprint density at radius 2 is 1.95 bits per heavy atom. The predicted octanol–water partition coefficient (Wildman–Crippen LogP) is 1.85. The summed E-state index contributed by atoms with van der Waals surface area (Å²) in [7, 11) is 0. The number of imide groups is 1. The van der Waals surface area contributed by atoms with E-state index in [1.165, 1.54) is 0 Å². The van der Waals surface area contributed by atoms with Gasteiger partial charge in [0.15, 0.2) is 0 Å². The molecule has 0 aromatic heterocycles. The normalized spacial score (nSPS) is 18.1. The standard InChI is InChI=1S/C14H16ClN3O3/c1-8(2)12-13(20)18(14(21)17-12)7-11(19)16-10-5-3-9(15)4-6-10/h3-6,8,12H,7H2,1-2H3,(H,16,19)(H,17,21)/t12-/m0/s1. The molecular formula is C14H16ClN3O3. The maximum Gasteiger partial charge on any atom is 0.325 e. The Hall–Kier alpha value is -2.08. The van der Waals surface area contributed by atoms with Gasteiger partial charge in [0.05, 0.1) is 0 Å². The number of benzene rings is 1. The summed E-state index contributed by atoms with van der Waals surface area (Å²) < 4.78 is 0. The first-order valence-electron chi connectivity index (χ1n) is 6.56. The number of rotatable bonds is 4. The number of nitrogens with zero attached hydrogens (tertiary/aromatic N) is 1. The van der Waals surface area contributed by atoms with Crippen LogP contribution >= 0.6 is 11.6 Å². The van der Waals surface area contributed by atoms with Crippen LogP contribution in [0.5, 0.6) is 0 Å². The molecule has 1 aromatic rings. The minimum atomic E-state index is -0.569. The molecule has 0 bridgehead atoms. The Kier molecular flexibility index (Phi) is 4.47. The number of hydrogen-bond donors (Lipinski definition) is 2. The highest BCUT2D eigenvalue weighted by atomic mass is 35.5. The average molecular weight is 310 g/mol. The molecule has 0 spiro atoms. The predicted molar refractivity (Wildman–Crippen MR) is 79.0 cm³/mol. The molecule has 1 aliphatic heterocycles. The molecule has 1 atom stereocenters. The lowest BCUT2D eigenvalue weighted by atomic mass is 10.1. The van der Waals surface area contributed by atoms with E-state index in [0.29, 0.717) is 10.7 Å². The summed E-state index contributed by atoms with van der Waals surface area (Å²) in [6, 6.07) is 5.46. The topological polar surface area (TPSA) is 78.5 Å². The van der Waals surface area contributed by atoms with Crippen molar-refractivity contribution in [3.8, 4) is 0 Å². The van der Waals surface area contributed by atoms with Crippen molar-refractivity contribution in [1.29, 1.82) is 0 Å². The van der Waals surface area contributed by atoms with Gasteiger partial charge >= 0.3 is 6.03 Å². The molecule has 112 valence electrons. The van der Waals surface area contributed by atoms with Crippen LogP contribution in [-0.2, 0) is 9.59 Å². The van der Waals surface area contributed by atoms with E-state index < -0.39 is 18.0 Å². The molecule has 0 saturated carbocycles. The number of amides is 4. The van der Waals surface area contributed by atoms with Gasteiger partial charge in [0.25, 0.3) is 5.91 Å². The van der Waals surface area contributed by atoms with Crippen molar-refractivity contribution >= 4 is 35.1 Å². The van der Waals surface area contributed by atoms with E-state index in [1.54, 1.807) is 24.3 Å². The number of carbonyl (C=O) groups excluding carboxylic acids is 3. The number of hydrogen-bond acceptors (Lipinski definition) is 3. The summed E-state index contributed by atoms with van der Waals surface area (Å²) >= 11 is 5.75. The van der Waals surface area contributed by atoms with Crippen LogP contribution in [-0.4, -0.2) is 35.3 Å². The fraction of sp³-hybridized carbons (Fsp3) is 0.357. The van der Waals surface area contributed by atoms with Gasteiger partial charge < -0.3 is 10.6 Å². The van der Waals surface area contributed by atoms with Gasteiger partial charge in [-0.2, -0.15) is 0 Å². The van der Waals surface area contributed by atoms with Crippen LogP contribution in [0, 0.1) is 5.92 Å². The number of nitrogens with one attached hydrogen (secondary N) is 2. The SMILES string of the molecule is CC(C)[C@@H]1NC(=O)N(CC(=O)Nc2ccc(Cl)cc2)C1=O. The first-order chi connectivity index (χ1) is 9.88. The molecular weight excluding hydrogens is 294 g/mol. The smallest absolute Gasteiger partial charge is 0.325 e. The summed E-state index contributed by atoms with van der Waals surface area (Å²) in [5.41, 5.74) is 0.553. The van der Waals surface area contributed by atoms with Gasteiger partial charge in [-0.25, -0.2) is 4.79 Å². The minimum absolute atomic E-state index is 0.0224. The Balaban J connectivity index is 1.98. The van der Waals surface area contributed by atoms with Crippen molar-refractivity contribution in [3.05, 3.63) is 29.3 Å². The Labute approximate surface area is 127 Å². The lowest BCUT2D eigenvalue weighted by Gasteiger charge is -2.14. The van der Waals surface area contributed by atoms with Gasteiger partial charge in [-0.1, -0.05) is 25.4 Å². The highest BCUT2D eigenvalue weighted by molar-refractivity contribution is 6.30. The molecule has 4 amide bonds. The summed E-state index contributed by atoms with van der Waals surface area (Å²) in [5.74, 6) is -0.836. The fourth-order valence-electron chi connectivity index (χ4n) is 2.02. The summed E-state index contributed by atoms with van der Waals surface area (Å²) in [6.45, 7) is 3.36. The third kappa shape index (κ3) is 3.52. The second-order valence-corrected chi connectivity index (χ2v) is 5.59. The zero-order valence-electron chi connectivity index (χ0n) is 11.7. The lowest BCUT2D eigenvalue weighted by molar-refractivity contribution is -0.131. The molecule has 1 aliphatic rings. The second kappa shape index (κ2) is 6.13. The molecule has 6 nitrogen and oxygen atoms in total. The molecule has 0 unspecified atom stereocenters. The van der Waals surface area contributed by atoms with E-state index in [0.717, 1.165) is 4.90 Å². The first-order valence-corrected chi connectivity index (χ1v) is 6.93. The fourth-order valence-corrected chi connectivity index (χ4v) is 2.15. The largest absolute Gasteiger partial charge is 0.326 e. The minimum Gasteiger partial charge on any atom is -0.326 e. The molecule has 1 fully saturated rings. The molecule has 0 aliphatic carbocycles. The van der Waals surface area contributed by atoms with E-state index in [1.807, 2.05) is 13.8 Å². The molecule has 0 radical (unpaired) electrons. The highest BCUT2D eigenvalue weighted by Crippen LogP contribution is 2.15. The molecule has 1 aromatic carbocycles. The molecule has 1 heterocycles. The van der Waals surface area contributed by atoms with Crippen LogP contribution in [0.1, 0.15) is 13.8 Å². The van der Waals surface area contributed by atoms with Crippen molar-refractivity contribution in [2.24, 2.45) is 5.92 Å². The first kappa shape index (κ1) is 15.3. The molecule has 7 heteroatoms. The quantitative estimate of drug-likeness (QED) is 0.833. The number of urea groups is 1. The highest BCUT2D eigenvalue weighted by Gasteiger charge is 2.40. The number of halogens is 1. The summed E-state index contributed by atoms with van der Waals surface area (Å²) in [4.78, 5) is 36.6. The van der Waals surface area contributed by atoms with Crippen LogP contribution < -0.4 is 10.6 Å². The van der Waals surface area contributed by atoms with Crippen molar-refractivity contribution in [2.75, 3.05) is 11.9 Å². The second-order valence-electron chi connectivity index (χ2n) is 5.15. The zero-order chi connectivity index (χ0) is 15.6. The van der Waals surface area contributed by atoms with E-state index in [2.05, 4.69) is 10.6 Å². The van der Waals surface area contributed by atoms with E-state index in [4.69, 9.17) is 11.6 Å². The van der Waals surface area contributed by atoms with Gasteiger partial charge in [-0.05, 0) is 30.2 Å². The monoisotopic (exact) mass is 309 g/mol. The van der Waals surface area contributed by atoms with Crippen LogP contribution in [0.2, 0.25) is 5.02 Å². The lowest BCUT2D eigenvalue weighted by Crippen LogP contribution is -2.39. The number of anilines is 1. The summed E-state index contributed by atoms with van der Waals surface area (Å²) in [6.07, 6.45) is 0. The Morgan fingerprint density at radius 3 is 2.48 bits per heavy atom. The van der Waals surface area contributed by atoms with Crippen LogP contribution in [0.4, 0.5) is 10.5 Å². The Bertz CT molecular complexity index is 571. The van der Waals surface area contributed by atoms with Gasteiger partial charge in [0, 0.05) is 10.7 Å². The van der Waals surface area contributed by atoms with Crippen molar-refractivity contribution in [3.63, 3.8) is 0 Å². The van der Waals surface area contributed by atoms with Gasteiger partial charge in [0.2, 0.25) is 5.91 Å². The van der Waals surface area contributed by atoms with Crippen molar-refractivity contribution in [2.45, 2.75) is 19.9 Å². The van der Waals surface area contributed by atoms with E-state index in [9.17, 15) is 14.4 Å². The average Bonchev–Trinajstić information content (AvgIpc) is 2.69. The number of carbonyl (C=O) groups is 3. The third-order valence-corrected chi connectivity index (χ3v) is 3.40. The molecule has 1 saturated heterocycles. The van der Waals surface area contributed by atoms with Crippen molar-refractivity contribution < 1.29 is 14.4 Å². The van der Waals surface area contributed by atoms with Gasteiger partial charge in [0.1, 0.15) is 12.6 Å². The molecule has 2 N–H and O–H groups in total. The molecule has 2 rings (SSSR count). The molecule has 21 heavy (non-hydrogen) atoms. The van der Waals surface area contributed by atoms with E-state index in [-0.39, 0.29) is 18.4 Å². The van der Waals surface area contributed by atoms with Gasteiger partial charge in [-0.3, -0.25) is 14.5 Å². The maximum atomic E-state index is 12.0. The zero-order valence-corrected chi connectivity index (χ0v) is 12.5. The van der Waals surface area contributed by atoms with Crippen LogP contribution in [0.3, 0.4) is 0 Å². The van der Waals surface area contributed by atoms with E-state index >= 15 is 0 Å². The third-order valence-electron chi connectivity index (χ3n) is 3.15. The Morgan fingerprint density at radius 1 is 1.33 bits per heavy atom. The van der Waals surface area contributed by atoms with Crippen molar-refractivity contribution in [1.82, 2.24) is 10.2 Å². The van der Waals surface area contributed by atoms with Crippen LogP contribution in [0.15, 0.2) is 24.3 Å². The maximum absolute atomic E-state index is 12.0. The van der Waals surface area contributed by atoms with Gasteiger partial charge in [-0.15, -0.1) is 0 Å². The summed E-state index contributed by atoms with van der Waals surface area (Å²) in [5, 5.41) is 5.74.